The van der Waals surface area contributed by atoms with Crippen molar-refractivity contribution in [3.05, 3.63) is 46.0 Å². The lowest BCUT2D eigenvalue weighted by Crippen LogP contribution is -2.41. The van der Waals surface area contributed by atoms with Gasteiger partial charge in [-0.2, -0.15) is 0 Å². The van der Waals surface area contributed by atoms with Crippen LogP contribution in [0.3, 0.4) is 0 Å². The maximum absolute atomic E-state index is 11.0. The molecule has 0 N–H and O–H groups in total. The molecule has 1 saturated heterocycles. The van der Waals surface area contributed by atoms with Crippen molar-refractivity contribution in [3.8, 4) is 0 Å². The van der Waals surface area contributed by atoms with Crippen LogP contribution in [-0.2, 0) is 0 Å². The Kier molecular flexibility index (Phi) is 5.47. The first-order valence-corrected chi connectivity index (χ1v) is 7.36. The number of nitro benzene ring substituents is 1. The summed E-state index contributed by atoms with van der Waals surface area (Å²) in [6.07, 6.45) is 6.24. The molecule has 0 saturated carbocycles. The predicted molar refractivity (Wildman–Crippen MR) is 85.3 cm³/mol. The second kappa shape index (κ2) is 7.33. The molecule has 0 spiro atoms. The van der Waals surface area contributed by atoms with Crippen molar-refractivity contribution in [2.45, 2.75) is 18.9 Å². The Hall–Kier alpha value is -1.72. The number of likely N-dealkylation sites (N-methyl/N-ethyl adjacent to an activating group) is 1. The van der Waals surface area contributed by atoms with Gasteiger partial charge in [0.25, 0.3) is 5.69 Å². The molecule has 1 fully saturated rings. The first-order valence-electron chi connectivity index (χ1n) is 7.36. The van der Waals surface area contributed by atoms with Crippen molar-refractivity contribution in [2.75, 3.05) is 33.7 Å². The molecule has 21 heavy (non-hydrogen) atoms. The minimum absolute atomic E-state index is 0.163. The number of rotatable bonds is 5. The van der Waals surface area contributed by atoms with Gasteiger partial charge in [-0.3, -0.25) is 15.0 Å². The Morgan fingerprint density at radius 3 is 2.71 bits per heavy atom. The summed E-state index contributed by atoms with van der Waals surface area (Å²) in [5, 5.41) is 11.0. The Balaban J connectivity index is 1.92. The van der Waals surface area contributed by atoms with Gasteiger partial charge in [-0.15, -0.1) is 0 Å². The number of piperidine rings is 1. The summed E-state index contributed by atoms with van der Waals surface area (Å²) in [4.78, 5) is 15.3. The largest absolute Gasteiger partial charge is 0.306 e. The highest BCUT2D eigenvalue weighted by Crippen LogP contribution is 2.19. The summed E-state index contributed by atoms with van der Waals surface area (Å²) in [5.74, 6) is 0. The maximum atomic E-state index is 11.0. The van der Waals surface area contributed by atoms with Gasteiger partial charge in [-0.25, -0.2) is 0 Å². The summed E-state index contributed by atoms with van der Waals surface area (Å²) in [6.45, 7) is 3.10. The molecule has 114 valence electrons. The number of likely N-dealkylation sites (tertiary alicyclic amines) is 1. The van der Waals surface area contributed by atoms with Crippen LogP contribution < -0.4 is 0 Å². The Labute approximate surface area is 126 Å². The number of benzene rings is 1. The third-order valence-corrected chi connectivity index (χ3v) is 4.14. The van der Waals surface area contributed by atoms with E-state index in [0.29, 0.717) is 11.6 Å². The number of nitrogens with zero attached hydrogens (tertiary/aromatic N) is 3. The smallest absolute Gasteiger partial charge is 0.276 e. The molecule has 0 atom stereocenters. The molecule has 0 aliphatic carbocycles. The molecule has 1 aliphatic heterocycles. The van der Waals surface area contributed by atoms with Gasteiger partial charge in [0, 0.05) is 18.7 Å². The highest BCUT2D eigenvalue weighted by atomic mass is 16.6. The topological polar surface area (TPSA) is 49.6 Å². The zero-order valence-electron chi connectivity index (χ0n) is 12.7. The average molecular weight is 289 g/mol. The molecule has 1 aromatic carbocycles. The highest BCUT2D eigenvalue weighted by Gasteiger charge is 2.19. The molecule has 2 rings (SSSR count). The molecule has 1 heterocycles. The van der Waals surface area contributed by atoms with Crippen LogP contribution in [0, 0.1) is 10.1 Å². The third-order valence-electron chi connectivity index (χ3n) is 4.14. The van der Waals surface area contributed by atoms with Crippen molar-refractivity contribution in [1.82, 2.24) is 9.80 Å². The van der Waals surface area contributed by atoms with Crippen LogP contribution in [-0.4, -0.2) is 54.5 Å². The van der Waals surface area contributed by atoms with E-state index in [1.807, 2.05) is 18.2 Å². The van der Waals surface area contributed by atoms with E-state index < -0.39 is 0 Å². The summed E-state index contributed by atoms with van der Waals surface area (Å²) in [7, 11) is 4.28. The number of nitro groups is 1. The number of para-hydroxylation sites is 1. The van der Waals surface area contributed by atoms with E-state index >= 15 is 0 Å². The van der Waals surface area contributed by atoms with E-state index in [9.17, 15) is 10.1 Å². The molecule has 5 nitrogen and oxygen atoms in total. The average Bonchev–Trinajstić information content (AvgIpc) is 2.48. The van der Waals surface area contributed by atoms with E-state index in [1.54, 1.807) is 18.2 Å². The van der Waals surface area contributed by atoms with Gasteiger partial charge >= 0.3 is 0 Å². The highest BCUT2D eigenvalue weighted by molar-refractivity contribution is 5.60. The lowest BCUT2D eigenvalue weighted by atomic mass is 10.0. The van der Waals surface area contributed by atoms with E-state index in [-0.39, 0.29) is 10.6 Å². The van der Waals surface area contributed by atoms with Crippen LogP contribution in [0.5, 0.6) is 0 Å². The van der Waals surface area contributed by atoms with Crippen molar-refractivity contribution in [3.63, 3.8) is 0 Å². The van der Waals surface area contributed by atoms with Gasteiger partial charge in [0.1, 0.15) is 0 Å². The van der Waals surface area contributed by atoms with Crippen LogP contribution in [0.25, 0.3) is 6.08 Å². The fourth-order valence-electron chi connectivity index (χ4n) is 2.73. The van der Waals surface area contributed by atoms with E-state index in [0.717, 1.165) is 19.6 Å². The molecule has 1 aromatic rings. The second-order valence-corrected chi connectivity index (χ2v) is 5.69. The third kappa shape index (κ3) is 4.37. The Bertz CT molecular complexity index is 508. The molecule has 0 unspecified atom stereocenters. The normalized spacial score (nSPS) is 17.7. The molecule has 5 heteroatoms. The minimum Gasteiger partial charge on any atom is -0.306 e. The standard InChI is InChI=1S/C16H23N3O2/c1-17-12-9-15(10-13-17)18(2)11-5-7-14-6-3-4-8-16(14)19(20)21/h3-8,15H,9-13H2,1-2H3. The molecule has 0 aromatic heterocycles. The van der Waals surface area contributed by atoms with Gasteiger partial charge in [-0.05, 0) is 46.1 Å². The van der Waals surface area contributed by atoms with E-state index in [4.69, 9.17) is 0 Å². The summed E-state index contributed by atoms with van der Waals surface area (Å²) in [5.41, 5.74) is 0.829. The summed E-state index contributed by atoms with van der Waals surface area (Å²) in [6, 6.07) is 7.45. The van der Waals surface area contributed by atoms with Gasteiger partial charge in [0.15, 0.2) is 0 Å². The lowest BCUT2D eigenvalue weighted by molar-refractivity contribution is -0.385. The quantitative estimate of drug-likeness (QED) is 0.617. The molecule has 0 bridgehead atoms. The van der Waals surface area contributed by atoms with E-state index in [1.165, 1.54) is 12.8 Å². The molecule has 1 aliphatic rings. The van der Waals surface area contributed by atoms with Gasteiger partial charge < -0.3 is 4.90 Å². The molecular formula is C16H23N3O2. The van der Waals surface area contributed by atoms with Gasteiger partial charge in [0.05, 0.1) is 10.5 Å². The van der Waals surface area contributed by atoms with Gasteiger partial charge in [0.2, 0.25) is 0 Å². The fourth-order valence-corrected chi connectivity index (χ4v) is 2.73. The summed E-state index contributed by atoms with van der Waals surface area (Å²) >= 11 is 0. The van der Waals surface area contributed by atoms with Crippen molar-refractivity contribution < 1.29 is 4.92 Å². The zero-order chi connectivity index (χ0) is 15.2. The summed E-state index contributed by atoms with van der Waals surface area (Å²) < 4.78 is 0. The second-order valence-electron chi connectivity index (χ2n) is 5.69. The lowest BCUT2D eigenvalue weighted by Gasteiger charge is -2.34. The first kappa shape index (κ1) is 15.7. The first-order chi connectivity index (χ1) is 10.1. The van der Waals surface area contributed by atoms with Crippen LogP contribution >= 0.6 is 0 Å². The van der Waals surface area contributed by atoms with Crippen LogP contribution in [0.2, 0.25) is 0 Å². The van der Waals surface area contributed by atoms with Crippen LogP contribution in [0.15, 0.2) is 30.3 Å². The van der Waals surface area contributed by atoms with Gasteiger partial charge in [-0.1, -0.05) is 24.3 Å². The molecule has 0 amide bonds. The maximum Gasteiger partial charge on any atom is 0.276 e. The Morgan fingerprint density at radius 1 is 1.38 bits per heavy atom. The minimum atomic E-state index is -0.333. The number of hydrogen-bond acceptors (Lipinski definition) is 4. The molecular weight excluding hydrogens is 266 g/mol. The van der Waals surface area contributed by atoms with Crippen molar-refractivity contribution in [1.29, 1.82) is 0 Å². The fraction of sp³-hybridized carbons (Fsp3) is 0.500. The number of hydrogen-bond donors (Lipinski definition) is 0. The molecule has 0 radical (unpaired) electrons. The van der Waals surface area contributed by atoms with Crippen LogP contribution in [0.1, 0.15) is 18.4 Å². The van der Waals surface area contributed by atoms with Crippen LogP contribution in [0.4, 0.5) is 5.69 Å². The predicted octanol–water partition coefficient (Wildman–Crippen LogP) is 2.63. The zero-order valence-corrected chi connectivity index (χ0v) is 12.7. The SMILES string of the molecule is CN1CCC(N(C)CC=Cc2ccccc2[N+](=O)[O-])CC1. The van der Waals surface area contributed by atoms with E-state index in [2.05, 4.69) is 23.9 Å². The Morgan fingerprint density at radius 2 is 2.05 bits per heavy atom. The monoisotopic (exact) mass is 289 g/mol. The van der Waals surface area contributed by atoms with Crippen molar-refractivity contribution >= 4 is 11.8 Å². The van der Waals surface area contributed by atoms with Crippen molar-refractivity contribution in [2.24, 2.45) is 0 Å².